The summed E-state index contributed by atoms with van der Waals surface area (Å²) in [4.78, 5) is 5.53. The Labute approximate surface area is 144 Å². The SMILES string of the molecule is c1ccc(-c2noc(CSc3ccc4c(c3)OCCCO4)n2)cc1. The number of hydrogen-bond donors (Lipinski definition) is 0. The standard InChI is InChI=1S/C18H16N2O3S/c1-2-5-13(6-3-1)18-19-17(23-20-18)12-24-14-7-8-15-16(11-14)22-10-4-9-21-15/h1-3,5-8,11H,4,9-10,12H2. The Morgan fingerprint density at radius 2 is 1.79 bits per heavy atom. The minimum Gasteiger partial charge on any atom is -0.490 e. The van der Waals surface area contributed by atoms with E-state index in [-0.39, 0.29) is 0 Å². The van der Waals surface area contributed by atoms with Crippen LogP contribution in [0, 0.1) is 0 Å². The summed E-state index contributed by atoms with van der Waals surface area (Å²) in [5, 5.41) is 4.04. The molecule has 2 heterocycles. The highest BCUT2D eigenvalue weighted by molar-refractivity contribution is 7.98. The number of rotatable bonds is 4. The normalized spacial score (nSPS) is 13.5. The Morgan fingerprint density at radius 3 is 2.67 bits per heavy atom. The average Bonchev–Trinajstić information content (AvgIpc) is 2.98. The maximum absolute atomic E-state index is 5.71. The summed E-state index contributed by atoms with van der Waals surface area (Å²) >= 11 is 1.63. The lowest BCUT2D eigenvalue weighted by Gasteiger charge is -2.08. The highest BCUT2D eigenvalue weighted by atomic mass is 32.2. The van der Waals surface area contributed by atoms with Crippen molar-refractivity contribution in [1.29, 1.82) is 0 Å². The predicted octanol–water partition coefficient (Wildman–Crippen LogP) is 4.19. The number of nitrogens with zero attached hydrogens (tertiary/aromatic N) is 2. The molecule has 0 amide bonds. The molecule has 0 N–H and O–H groups in total. The van der Waals surface area contributed by atoms with Crippen molar-refractivity contribution in [2.45, 2.75) is 17.1 Å². The molecule has 2 aromatic carbocycles. The second kappa shape index (κ2) is 6.97. The van der Waals surface area contributed by atoms with Crippen LogP contribution in [0.15, 0.2) is 57.9 Å². The Kier molecular flexibility index (Phi) is 4.38. The van der Waals surface area contributed by atoms with Crippen LogP contribution in [-0.2, 0) is 5.75 Å². The van der Waals surface area contributed by atoms with Gasteiger partial charge < -0.3 is 14.0 Å². The third-order valence-corrected chi connectivity index (χ3v) is 4.56. The first-order valence-corrected chi connectivity index (χ1v) is 8.77. The van der Waals surface area contributed by atoms with Gasteiger partial charge in [-0.15, -0.1) is 11.8 Å². The lowest BCUT2D eigenvalue weighted by atomic mass is 10.2. The van der Waals surface area contributed by atoms with Gasteiger partial charge in [-0.1, -0.05) is 35.5 Å². The summed E-state index contributed by atoms with van der Waals surface area (Å²) in [6, 6.07) is 15.8. The summed E-state index contributed by atoms with van der Waals surface area (Å²) in [5.74, 6) is 3.43. The molecule has 122 valence electrons. The number of ether oxygens (including phenoxy) is 2. The maximum Gasteiger partial charge on any atom is 0.237 e. The lowest BCUT2D eigenvalue weighted by molar-refractivity contribution is 0.297. The van der Waals surface area contributed by atoms with Crippen LogP contribution in [0.2, 0.25) is 0 Å². The van der Waals surface area contributed by atoms with E-state index in [4.69, 9.17) is 14.0 Å². The summed E-state index contributed by atoms with van der Waals surface area (Å²) in [6.45, 7) is 1.38. The zero-order valence-electron chi connectivity index (χ0n) is 13.0. The van der Waals surface area contributed by atoms with Crippen molar-refractivity contribution < 1.29 is 14.0 Å². The first kappa shape index (κ1) is 15.1. The molecule has 1 aliphatic heterocycles. The van der Waals surface area contributed by atoms with Crippen LogP contribution in [-0.4, -0.2) is 23.4 Å². The highest BCUT2D eigenvalue weighted by Gasteiger charge is 2.12. The smallest absolute Gasteiger partial charge is 0.237 e. The number of hydrogen-bond acceptors (Lipinski definition) is 6. The van der Waals surface area contributed by atoms with Crippen molar-refractivity contribution in [2.75, 3.05) is 13.2 Å². The summed E-state index contributed by atoms with van der Waals surface area (Å²) in [5.41, 5.74) is 0.952. The van der Waals surface area contributed by atoms with E-state index in [9.17, 15) is 0 Å². The predicted molar refractivity (Wildman–Crippen MR) is 91.3 cm³/mol. The third kappa shape index (κ3) is 3.38. The Bertz CT molecular complexity index is 820. The van der Waals surface area contributed by atoms with Gasteiger partial charge in [0.15, 0.2) is 11.5 Å². The Hall–Kier alpha value is -2.47. The van der Waals surface area contributed by atoms with E-state index in [0.717, 1.165) is 28.4 Å². The van der Waals surface area contributed by atoms with Crippen LogP contribution in [0.1, 0.15) is 12.3 Å². The summed E-state index contributed by atoms with van der Waals surface area (Å²) in [7, 11) is 0. The molecule has 0 saturated carbocycles. The molecule has 5 nitrogen and oxygen atoms in total. The molecule has 0 aliphatic carbocycles. The number of aromatic nitrogens is 2. The van der Waals surface area contributed by atoms with E-state index in [2.05, 4.69) is 10.1 Å². The monoisotopic (exact) mass is 340 g/mol. The third-order valence-electron chi connectivity index (χ3n) is 3.58. The van der Waals surface area contributed by atoms with Gasteiger partial charge in [0.25, 0.3) is 0 Å². The van der Waals surface area contributed by atoms with Gasteiger partial charge in [-0.05, 0) is 18.2 Å². The average molecular weight is 340 g/mol. The zero-order chi connectivity index (χ0) is 16.2. The fourth-order valence-electron chi connectivity index (χ4n) is 2.40. The van der Waals surface area contributed by atoms with E-state index in [1.807, 2.05) is 48.5 Å². The van der Waals surface area contributed by atoms with Crippen LogP contribution in [0.5, 0.6) is 11.5 Å². The van der Waals surface area contributed by atoms with Gasteiger partial charge in [-0.25, -0.2) is 0 Å². The number of fused-ring (bicyclic) bond motifs is 1. The molecule has 1 aliphatic rings. The molecule has 0 fully saturated rings. The fourth-order valence-corrected chi connectivity index (χ4v) is 3.16. The molecule has 0 saturated heterocycles. The molecule has 1 aromatic heterocycles. The van der Waals surface area contributed by atoms with E-state index in [1.165, 1.54) is 0 Å². The molecular formula is C18H16N2O3S. The zero-order valence-corrected chi connectivity index (χ0v) is 13.8. The second-order valence-corrected chi connectivity index (χ2v) is 6.37. The van der Waals surface area contributed by atoms with Crippen LogP contribution >= 0.6 is 11.8 Å². The number of thioether (sulfide) groups is 1. The van der Waals surface area contributed by atoms with Gasteiger partial charge >= 0.3 is 0 Å². The molecule has 24 heavy (non-hydrogen) atoms. The van der Waals surface area contributed by atoms with Crippen LogP contribution < -0.4 is 9.47 Å². The largest absolute Gasteiger partial charge is 0.490 e. The highest BCUT2D eigenvalue weighted by Crippen LogP contribution is 2.34. The quantitative estimate of drug-likeness (QED) is 0.664. The van der Waals surface area contributed by atoms with Gasteiger partial charge in [0.1, 0.15) is 0 Å². The van der Waals surface area contributed by atoms with Crippen molar-refractivity contribution in [3.05, 3.63) is 54.4 Å². The van der Waals surface area contributed by atoms with Crippen molar-refractivity contribution >= 4 is 11.8 Å². The Morgan fingerprint density at radius 1 is 0.958 bits per heavy atom. The molecule has 0 bridgehead atoms. The van der Waals surface area contributed by atoms with Crippen molar-refractivity contribution in [2.24, 2.45) is 0 Å². The van der Waals surface area contributed by atoms with Gasteiger partial charge in [0.05, 0.1) is 19.0 Å². The summed E-state index contributed by atoms with van der Waals surface area (Å²) in [6.07, 6.45) is 0.904. The first-order valence-electron chi connectivity index (χ1n) is 7.79. The second-order valence-electron chi connectivity index (χ2n) is 5.33. The van der Waals surface area contributed by atoms with E-state index in [0.29, 0.717) is 30.7 Å². The van der Waals surface area contributed by atoms with E-state index >= 15 is 0 Å². The lowest BCUT2D eigenvalue weighted by Crippen LogP contribution is -1.97. The van der Waals surface area contributed by atoms with Crippen molar-refractivity contribution in [1.82, 2.24) is 10.1 Å². The molecule has 0 atom stereocenters. The molecule has 0 radical (unpaired) electrons. The topological polar surface area (TPSA) is 57.4 Å². The molecule has 3 aromatic rings. The van der Waals surface area contributed by atoms with Crippen molar-refractivity contribution in [3.63, 3.8) is 0 Å². The molecular weight excluding hydrogens is 324 g/mol. The molecule has 6 heteroatoms. The number of benzene rings is 2. The molecule has 0 spiro atoms. The maximum atomic E-state index is 5.71. The Balaban J connectivity index is 1.44. The van der Waals surface area contributed by atoms with Crippen molar-refractivity contribution in [3.8, 4) is 22.9 Å². The first-order chi connectivity index (χ1) is 11.9. The molecule has 0 unspecified atom stereocenters. The van der Waals surface area contributed by atoms with Crippen LogP contribution in [0.25, 0.3) is 11.4 Å². The van der Waals surface area contributed by atoms with E-state index < -0.39 is 0 Å². The van der Waals surface area contributed by atoms with Crippen LogP contribution in [0.3, 0.4) is 0 Å². The summed E-state index contributed by atoms with van der Waals surface area (Å²) < 4.78 is 16.7. The van der Waals surface area contributed by atoms with Gasteiger partial charge in [0.2, 0.25) is 11.7 Å². The van der Waals surface area contributed by atoms with Crippen LogP contribution in [0.4, 0.5) is 0 Å². The van der Waals surface area contributed by atoms with E-state index in [1.54, 1.807) is 11.8 Å². The van der Waals surface area contributed by atoms with Gasteiger partial charge in [0, 0.05) is 16.9 Å². The minimum atomic E-state index is 0.603. The minimum absolute atomic E-state index is 0.603. The van der Waals surface area contributed by atoms with Gasteiger partial charge in [-0.2, -0.15) is 4.98 Å². The molecule has 4 rings (SSSR count). The fraction of sp³-hybridized carbons (Fsp3) is 0.222. The van der Waals surface area contributed by atoms with Gasteiger partial charge in [-0.3, -0.25) is 0 Å².